The quantitative estimate of drug-likeness (QED) is 0.437. The smallest absolute Gasteiger partial charge is 0.126 e. The van der Waals surface area contributed by atoms with Crippen LogP contribution in [-0.4, -0.2) is 92.5 Å². The van der Waals surface area contributed by atoms with Crippen LogP contribution in [0.2, 0.25) is 0 Å². The maximum atomic E-state index is 9.44. The van der Waals surface area contributed by atoms with Gasteiger partial charge in [0.2, 0.25) is 0 Å². The van der Waals surface area contributed by atoms with E-state index >= 15 is 0 Å². The van der Waals surface area contributed by atoms with Crippen molar-refractivity contribution in [2.24, 2.45) is 0 Å². The molecule has 6 nitrogen and oxygen atoms in total. The lowest BCUT2D eigenvalue weighted by molar-refractivity contribution is -0.115. The van der Waals surface area contributed by atoms with Crippen LogP contribution in [0, 0.1) is 0 Å². The highest BCUT2D eigenvalue weighted by Gasteiger charge is 2.05. The van der Waals surface area contributed by atoms with Crippen LogP contribution in [-0.2, 0) is 14.4 Å². The average Bonchev–Trinajstić information content (AvgIpc) is 3.04. The molecule has 0 amide bonds. The van der Waals surface area contributed by atoms with Gasteiger partial charge in [-0.2, -0.15) is 0 Å². The molecule has 0 unspecified atom stereocenters. The molecule has 3 aliphatic rings. The second kappa shape index (κ2) is 33.1. The first-order valence-corrected chi connectivity index (χ1v) is 11.4. The number of nitrogens with zero attached hydrogens (tertiary/aromatic N) is 3. The van der Waals surface area contributed by atoms with Crippen LogP contribution >= 0.6 is 0 Å². The van der Waals surface area contributed by atoms with E-state index in [4.69, 9.17) is 0 Å². The SMILES string of the molecule is C.C.C.CC(C)=O.CC(C)=O.CC(C)=O.CN1CCC1.CN1CCCC1.CN1CCCCC1. The van der Waals surface area contributed by atoms with Gasteiger partial charge in [-0.3, -0.25) is 0 Å². The first-order chi connectivity index (χ1) is 13.9. The first-order valence-electron chi connectivity index (χ1n) is 11.4. The summed E-state index contributed by atoms with van der Waals surface area (Å²) in [6.07, 6.45) is 8.51. The van der Waals surface area contributed by atoms with Crippen LogP contribution in [0.15, 0.2) is 0 Å². The highest BCUT2D eigenvalue weighted by atomic mass is 16.1. The van der Waals surface area contributed by atoms with E-state index in [0.29, 0.717) is 0 Å². The van der Waals surface area contributed by atoms with Crippen molar-refractivity contribution in [1.82, 2.24) is 14.7 Å². The minimum absolute atomic E-state index is 0. The molecule has 3 fully saturated rings. The Hall–Kier alpha value is -1.11. The summed E-state index contributed by atoms with van der Waals surface area (Å²) in [6.45, 7) is 17.1. The van der Waals surface area contributed by atoms with Crippen molar-refractivity contribution in [2.45, 2.75) is 102 Å². The van der Waals surface area contributed by atoms with E-state index in [2.05, 4.69) is 35.8 Å². The summed E-state index contributed by atoms with van der Waals surface area (Å²) in [5.74, 6) is 0.500. The Kier molecular flexibility index (Phi) is 45.5. The summed E-state index contributed by atoms with van der Waals surface area (Å²) in [5.41, 5.74) is 0. The van der Waals surface area contributed by atoms with E-state index in [1.165, 1.54) is 119 Å². The molecule has 3 aliphatic heterocycles. The molecule has 0 aromatic rings. The molecule has 33 heavy (non-hydrogen) atoms. The molecule has 0 aromatic carbocycles. The van der Waals surface area contributed by atoms with Gasteiger partial charge < -0.3 is 29.1 Å². The molecule has 0 N–H and O–H groups in total. The van der Waals surface area contributed by atoms with Crippen LogP contribution in [0.25, 0.3) is 0 Å². The van der Waals surface area contributed by atoms with E-state index in [0.717, 1.165) is 0 Å². The normalized spacial score (nSPS) is 16.3. The van der Waals surface area contributed by atoms with Gasteiger partial charge in [0.25, 0.3) is 0 Å². The molecule has 6 heteroatoms. The maximum Gasteiger partial charge on any atom is 0.126 e. The predicted octanol–water partition coefficient (Wildman–Crippen LogP) is 5.83. The molecular weight excluding hydrogens is 414 g/mol. The molecule has 0 bridgehead atoms. The molecule has 0 spiro atoms. The zero-order valence-electron chi connectivity index (χ0n) is 21.6. The highest BCUT2D eigenvalue weighted by molar-refractivity contribution is 5.72. The number of piperidine rings is 1. The van der Waals surface area contributed by atoms with Crippen molar-refractivity contribution in [1.29, 1.82) is 0 Å². The van der Waals surface area contributed by atoms with Gasteiger partial charge in [-0.1, -0.05) is 28.7 Å². The maximum absolute atomic E-state index is 9.44. The van der Waals surface area contributed by atoms with Crippen molar-refractivity contribution >= 4 is 17.3 Å². The fraction of sp³-hybridized carbons (Fsp3) is 0.889. The van der Waals surface area contributed by atoms with Gasteiger partial charge in [0.15, 0.2) is 0 Å². The van der Waals surface area contributed by atoms with Gasteiger partial charge in [-0.05, 0) is 134 Å². The van der Waals surface area contributed by atoms with Gasteiger partial charge in [0, 0.05) is 0 Å². The summed E-state index contributed by atoms with van der Waals surface area (Å²) in [5, 5.41) is 0. The number of carbonyl (C=O) groups is 3. The summed E-state index contributed by atoms with van der Waals surface area (Å²) < 4.78 is 0. The minimum Gasteiger partial charge on any atom is -0.306 e. The minimum atomic E-state index is 0. The van der Waals surface area contributed by atoms with Crippen molar-refractivity contribution in [3.8, 4) is 0 Å². The van der Waals surface area contributed by atoms with E-state index < -0.39 is 0 Å². The third kappa shape index (κ3) is 65.2. The van der Waals surface area contributed by atoms with Crippen LogP contribution in [0.4, 0.5) is 0 Å². The number of hydrogen-bond donors (Lipinski definition) is 0. The van der Waals surface area contributed by atoms with Crippen molar-refractivity contribution in [2.75, 3.05) is 60.4 Å². The zero-order chi connectivity index (χ0) is 23.9. The van der Waals surface area contributed by atoms with Crippen LogP contribution in [0.1, 0.15) is 102 Å². The third-order valence-corrected chi connectivity index (χ3v) is 3.99. The second-order valence-electron chi connectivity index (χ2n) is 8.76. The average molecular weight is 478 g/mol. The Bertz CT molecular complexity index is 372. The molecule has 3 rings (SSSR count). The number of hydrogen-bond acceptors (Lipinski definition) is 6. The highest BCUT2D eigenvalue weighted by Crippen LogP contribution is 2.04. The van der Waals surface area contributed by atoms with Crippen LogP contribution in [0.3, 0.4) is 0 Å². The van der Waals surface area contributed by atoms with Crippen molar-refractivity contribution in [3.05, 3.63) is 0 Å². The first kappa shape index (κ1) is 45.4. The number of ketones is 3. The molecular formula is C27H63N3O3. The standard InChI is InChI=1S/C6H13N.C5H11N.C4H9N.3C3H6O.3CH4/c1-7-5-3-2-4-6-7;1-6-4-2-3-5-6;1-5-3-2-4-5;3*1-3(2)4;;;/h2-6H2,1H3;2-5H2,1H3;2-4H2,1H3;3*1-2H3;3*1H4. The Morgan fingerprint density at radius 3 is 0.606 bits per heavy atom. The predicted molar refractivity (Wildman–Crippen MR) is 149 cm³/mol. The Labute approximate surface area is 209 Å². The monoisotopic (exact) mass is 477 g/mol. The molecule has 0 saturated carbocycles. The van der Waals surface area contributed by atoms with Gasteiger partial charge in [0.05, 0.1) is 0 Å². The number of Topliss-reactive ketones (excluding diaryl/α,β-unsaturated/α-hetero) is 3. The van der Waals surface area contributed by atoms with Gasteiger partial charge in [-0.25, -0.2) is 0 Å². The fourth-order valence-corrected chi connectivity index (χ4v) is 2.40. The lowest BCUT2D eigenvalue weighted by Crippen LogP contribution is -2.32. The lowest BCUT2D eigenvalue weighted by atomic mass is 10.1. The molecule has 3 heterocycles. The number of carbonyl (C=O) groups excluding carboxylic acids is 3. The lowest BCUT2D eigenvalue weighted by Gasteiger charge is -2.24. The zero-order valence-corrected chi connectivity index (χ0v) is 21.6. The number of likely N-dealkylation sites (tertiary alicyclic amines) is 3. The molecule has 0 radical (unpaired) electrons. The third-order valence-electron chi connectivity index (χ3n) is 3.99. The Balaban J connectivity index is -0.0000000662. The van der Waals surface area contributed by atoms with Crippen molar-refractivity contribution < 1.29 is 14.4 Å². The van der Waals surface area contributed by atoms with Gasteiger partial charge >= 0.3 is 0 Å². The fourth-order valence-electron chi connectivity index (χ4n) is 2.40. The molecule has 0 aromatic heterocycles. The van der Waals surface area contributed by atoms with Crippen LogP contribution in [0.5, 0.6) is 0 Å². The summed E-state index contributed by atoms with van der Waals surface area (Å²) in [6, 6.07) is 0. The topological polar surface area (TPSA) is 60.9 Å². The van der Waals surface area contributed by atoms with Crippen molar-refractivity contribution in [3.63, 3.8) is 0 Å². The Morgan fingerprint density at radius 1 is 0.394 bits per heavy atom. The Morgan fingerprint density at radius 2 is 0.545 bits per heavy atom. The van der Waals surface area contributed by atoms with Crippen LogP contribution < -0.4 is 0 Å². The number of rotatable bonds is 0. The summed E-state index contributed by atoms with van der Waals surface area (Å²) >= 11 is 0. The molecule has 0 atom stereocenters. The largest absolute Gasteiger partial charge is 0.306 e. The van der Waals surface area contributed by atoms with E-state index in [-0.39, 0.29) is 39.6 Å². The summed E-state index contributed by atoms with van der Waals surface area (Å²) in [7, 11) is 6.51. The van der Waals surface area contributed by atoms with E-state index in [1.807, 2.05) is 0 Å². The molecule has 3 saturated heterocycles. The molecule has 0 aliphatic carbocycles. The van der Waals surface area contributed by atoms with E-state index in [9.17, 15) is 14.4 Å². The van der Waals surface area contributed by atoms with E-state index in [1.54, 1.807) is 0 Å². The summed E-state index contributed by atoms with van der Waals surface area (Å²) in [4.78, 5) is 35.4. The van der Waals surface area contributed by atoms with Gasteiger partial charge in [-0.15, -0.1) is 0 Å². The second-order valence-corrected chi connectivity index (χ2v) is 8.76. The van der Waals surface area contributed by atoms with Gasteiger partial charge in [0.1, 0.15) is 17.3 Å². The molecule has 204 valence electrons.